The maximum atomic E-state index is 12.0. The van der Waals surface area contributed by atoms with Crippen molar-refractivity contribution in [3.63, 3.8) is 0 Å². The summed E-state index contributed by atoms with van der Waals surface area (Å²) in [4.78, 5) is 18.6. The molecule has 1 heterocycles. The van der Waals surface area contributed by atoms with E-state index in [0.717, 1.165) is 49.7 Å². The zero-order valence-corrected chi connectivity index (χ0v) is 19.4. The Bertz CT molecular complexity index is 990. The van der Waals surface area contributed by atoms with Gasteiger partial charge in [-0.05, 0) is 54.5 Å². The third kappa shape index (κ3) is 7.22. The molecule has 174 valence electrons. The number of carbonyl (C=O) groups excluding carboxylic acids is 1. The van der Waals surface area contributed by atoms with E-state index in [2.05, 4.69) is 39.2 Å². The molecule has 0 spiro atoms. The molecule has 1 unspecified atom stereocenters. The highest BCUT2D eigenvalue weighted by Crippen LogP contribution is 2.20. The summed E-state index contributed by atoms with van der Waals surface area (Å²) in [5, 5.41) is 6.09. The fourth-order valence-corrected chi connectivity index (χ4v) is 3.28. The van der Waals surface area contributed by atoms with Crippen molar-refractivity contribution in [1.82, 2.24) is 0 Å². The van der Waals surface area contributed by atoms with Gasteiger partial charge in [0.2, 0.25) is 5.91 Å². The number of aliphatic imine (C=N–C) groups is 1. The molecule has 1 atom stereocenters. The summed E-state index contributed by atoms with van der Waals surface area (Å²) in [7, 11) is 0. The summed E-state index contributed by atoms with van der Waals surface area (Å²) < 4.78 is 5.40. The van der Waals surface area contributed by atoms with E-state index in [9.17, 15) is 4.79 Å². The number of hydrogen-bond donors (Lipinski definition) is 3. The van der Waals surface area contributed by atoms with Crippen LogP contribution >= 0.6 is 0 Å². The van der Waals surface area contributed by atoms with Gasteiger partial charge in [0.05, 0.1) is 13.2 Å². The van der Waals surface area contributed by atoms with Crippen molar-refractivity contribution in [2.75, 3.05) is 41.8 Å². The van der Waals surface area contributed by atoms with Crippen molar-refractivity contribution in [2.24, 2.45) is 16.6 Å². The third-order valence-corrected chi connectivity index (χ3v) is 5.56. The van der Waals surface area contributed by atoms with Crippen LogP contribution in [0.4, 0.5) is 17.1 Å². The van der Waals surface area contributed by atoms with Crippen molar-refractivity contribution in [3.8, 4) is 0 Å². The van der Waals surface area contributed by atoms with E-state index < -0.39 is 0 Å². The van der Waals surface area contributed by atoms with E-state index in [1.54, 1.807) is 12.3 Å². The molecule has 7 heteroatoms. The first-order chi connectivity index (χ1) is 16.0. The Kier molecular flexibility index (Phi) is 8.66. The predicted octanol–water partition coefficient (Wildman–Crippen LogP) is 4.46. The van der Waals surface area contributed by atoms with Crippen LogP contribution in [0.3, 0.4) is 0 Å². The maximum Gasteiger partial charge on any atom is 0.227 e. The smallest absolute Gasteiger partial charge is 0.227 e. The second-order valence-corrected chi connectivity index (χ2v) is 7.99. The zero-order valence-electron chi connectivity index (χ0n) is 19.4. The molecule has 0 bridgehead atoms. The lowest BCUT2D eigenvalue weighted by molar-refractivity contribution is -0.119. The highest BCUT2D eigenvalue weighted by Gasteiger charge is 2.11. The molecule has 0 aromatic heterocycles. The molecule has 4 N–H and O–H groups in total. The highest BCUT2D eigenvalue weighted by atomic mass is 16.5. The lowest BCUT2D eigenvalue weighted by Crippen LogP contribution is -2.36. The van der Waals surface area contributed by atoms with Crippen LogP contribution in [0.15, 0.2) is 72.0 Å². The zero-order chi connectivity index (χ0) is 23.6. The Morgan fingerprint density at radius 2 is 1.73 bits per heavy atom. The molecule has 1 aliphatic rings. The molecule has 1 saturated heterocycles. The van der Waals surface area contributed by atoms with Gasteiger partial charge in [0, 0.05) is 48.0 Å². The average molecular weight is 448 g/mol. The second-order valence-electron chi connectivity index (χ2n) is 7.99. The lowest BCUT2D eigenvalue weighted by Gasteiger charge is -2.28. The molecule has 0 saturated carbocycles. The molecule has 33 heavy (non-hydrogen) atoms. The Labute approximate surface area is 196 Å². The minimum Gasteiger partial charge on any atom is -0.398 e. The van der Waals surface area contributed by atoms with Gasteiger partial charge in [-0.15, -0.1) is 0 Å². The Hall–Kier alpha value is -3.58. The van der Waals surface area contributed by atoms with E-state index >= 15 is 0 Å². The number of amides is 1. The van der Waals surface area contributed by atoms with Crippen LogP contribution < -0.4 is 21.3 Å². The Balaban J connectivity index is 1.51. The first kappa shape index (κ1) is 24.1. The average Bonchev–Trinajstić information content (AvgIpc) is 2.84. The molecule has 7 nitrogen and oxygen atoms in total. The van der Waals surface area contributed by atoms with Crippen molar-refractivity contribution < 1.29 is 9.53 Å². The fourth-order valence-electron chi connectivity index (χ4n) is 3.28. The van der Waals surface area contributed by atoms with Gasteiger partial charge in [-0.3, -0.25) is 4.79 Å². The summed E-state index contributed by atoms with van der Waals surface area (Å²) in [6.45, 7) is 11.2. The molecule has 0 radical (unpaired) electrons. The van der Waals surface area contributed by atoms with Crippen molar-refractivity contribution >= 4 is 34.9 Å². The second kappa shape index (κ2) is 11.9. The number of morpholine rings is 1. The van der Waals surface area contributed by atoms with Crippen LogP contribution in [-0.2, 0) is 9.53 Å². The Morgan fingerprint density at radius 1 is 1.12 bits per heavy atom. The van der Waals surface area contributed by atoms with E-state index in [4.69, 9.17) is 10.5 Å². The van der Waals surface area contributed by atoms with E-state index in [1.807, 2.05) is 50.2 Å². The minimum atomic E-state index is -0.0183. The monoisotopic (exact) mass is 447 g/mol. The lowest BCUT2D eigenvalue weighted by atomic mass is 10.1. The van der Waals surface area contributed by atoms with Crippen LogP contribution in [0.25, 0.3) is 5.70 Å². The fraction of sp³-hybridized carbons (Fsp3) is 0.308. The number of allylic oxidation sites excluding steroid dienone is 1. The quantitative estimate of drug-likeness (QED) is 0.494. The largest absolute Gasteiger partial charge is 0.398 e. The molecular formula is C26H33N5O2. The van der Waals surface area contributed by atoms with Gasteiger partial charge in [0.25, 0.3) is 0 Å². The van der Waals surface area contributed by atoms with Gasteiger partial charge >= 0.3 is 0 Å². The van der Waals surface area contributed by atoms with Crippen molar-refractivity contribution in [2.45, 2.75) is 20.3 Å². The van der Waals surface area contributed by atoms with E-state index in [1.165, 1.54) is 5.69 Å². The van der Waals surface area contributed by atoms with Crippen LogP contribution in [0, 0.1) is 5.92 Å². The number of benzene rings is 2. The molecule has 1 amide bonds. The van der Waals surface area contributed by atoms with E-state index in [0.29, 0.717) is 11.5 Å². The summed E-state index contributed by atoms with van der Waals surface area (Å²) in [5.74, 6) is 0.513. The topological polar surface area (TPSA) is 92.0 Å². The number of carbonyl (C=O) groups is 1. The van der Waals surface area contributed by atoms with E-state index in [-0.39, 0.29) is 11.8 Å². The molecule has 3 rings (SSSR count). The number of ether oxygens (including phenoxy) is 1. The van der Waals surface area contributed by atoms with Gasteiger partial charge in [-0.25, -0.2) is 4.99 Å². The third-order valence-electron chi connectivity index (χ3n) is 5.56. The van der Waals surface area contributed by atoms with Crippen LogP contribution in [0.1, 0.15) is 25.8 Å². The molecule has 1 fully saturated rings. The minimum absolute atomic E-state index is 0.0163. The number of anilines is 3. The summed E-state index contributed by atoms with van der Waals surface area (Å²) >= 11 is 0. The SMILES string of the molecule is C=C(N=C/C=C(\N)c1ccc(NC(=O)C(C)CC)cc1)Nc1ccc(N2CCOCC2)cc1. The van der Waals surface area contributed by atoms with Gasteiger partial charge in [0.15, 0.2) is 0 Å². The van der Waals surface area contributed by atoms with Crippen LogP contribution in [0.5, 0.6) is 0 Å². The van der Waals surface area contributed by atoms with Gasteiger partial charge < -0.3 is 26.0 Å². The molecule has 2 aromatic rings. The molecule has 1 aliphatic heterocycles. The molecule has 0 aliphatic carbocycles. The first-order valence-corrected chi connectivity index (χ1v) is 11.3. The molecule has 2 aromatic carbocycles. The summed E-state index contributed by atoms with van der Waals surface area (Å²) in [5.41, 5.74) is 10.4. The standard InChI is InChI=1S/C26H33N5O2/c1-4-19(2)26(32)30-23-7-5-21(6-8-23)25(27)13-14-28-20(3)29-22-9-11-24(12-10-22)31-15-17-33-18-16-31/h5-14,19,29H,3-4,15-18,27H2,1-2H3,(H,30,32)/b25-13-,28-14?. The van der Waals surface area contributed by atoms with Gasteiger partial charge in [-0.2, -0.15) is 0 Å². The number of nitrogens with zero attached hydrogens (tertiary/aromatic N) is 2. The normalized spacial score (nSPS) is 15.3. The number of nitrogens with one attached hydrogen (secondary N) is 2. The number of rotatable bonds is 9. The van der Waals surface area contributed by atoms with Gasteiger partial charge in [-0.1, -0.05) is 32.6 Å². The number of hydrogen-bond acceptors (Lipinski definition) is 6. The Morgan fingerprint density at radius 3 is 2.36 bits per heavy atom. The predicted molar refractivity (Wildman–Crippen MR) is 137 cm³/mol. The van der Waals surface area contributed by atoms with Crippen LogP contribution in [-0.4, -0.2) is 38.4 Å². The first-order valence-electron chi connectivity index (χ1n) is 11.3. The molecular weight excluding hydrogens is 414 g/mol. The summed E-state index contributed by atoms with van der Waals surface area (Å²) in [6.07, 6.45) is 4.14. The highest BCUT2D eigenvalue weighted by molar-refractivity contribution is 5.92. The van der Waals surface area contributed by atoms with Gasteiger partial charge in [0.1, 0.15) is 5.82 Å². The number of nitrogens with two attached hydrogens (primary N) is 1. The van der Waals surface area contributed by atoms with Crippen molar-refractivity contribution in [3.05, 3.63) is 72.6 Å². The summed E-state index contributed by atoms with van der Waals surface area (Å²) in [6, 6.07) is 15.6. The van der Waals surface area contributed by atoms with Crippen molar-refractivity contribution in [1.29, 1.82) is 0 Å². The maximum absolute atomic E-state index is 12.0. The van der Waals surface area contributed by atoms with Crippen LogP contribution in [0.2, 0.25) is 0 Å².